The Kier molecular flexibility index (Phi) is 7.33. The van der Waals surface area contributed by atoms with E-state index in [0.717, 1.165) is 18.4 Å². The molecule has 1 atom stereocenters. The van der Waals surface area contributed by atoms with Gasteiger partial charge in [0.15, 0.2) is 0 Å². The summed E-state index contributed by atoms with van der Waals surface area (Å²) in [6.07, 6.45) is 1.89. The van der Waals surface area contributed by atoms with Crippen molar-refractivity contribution in [2.45, 2.75) is 70.4 Å². The van der Waals surface area contributed by atoms with Crippen molar-refractivity contribution in [2.75, 3.05) is 19.7 Å². The minimum Gasteiger partial charge on any atom is -0.494 e. The van der Waals surface area contributed by atoms with Gasteiger partial charge in [-0.2, -0.15) is 4.31 Å². The summed E-state index contributed by atoms with van der Waals surface area (Å²) in [7, 11) is -3.66. The van der Waals surface area contributed by atoms with Crippen molar-refractivity contribution in [3.8, 4) is 5.75 Å². The molecule has 0 unspecified atom stereocenters. The summed E-state index contributed by atoms with van der Waals surface area (Å²) in [5.74, 6) is 0.684. The van der Waals surface area contributed by atoms with Crippen LogP contribution in [0.15, 0.2) is 23.1 Å². The van der Waals surface area contributed by atoms with E-state index in [4.69, 9.17) is 9.47 Å². The standard InChI is InChI=1S/C20H32N2O5S/c1-6-26-18-11-10-17(13-15(18)2)28(24,25)22-12-8-7-9-16(22)14-21-19(23)27-20(3,4)5/h10-11,13,16H,6-9,12,14H2,1-5H3,(H,21,23)/t16-/m1/s1. The fraction of sp³-hybridized carbons (Fsp3) is 0.650. The van der Waals surface area contributed by atoms with Gasteiger partial charge in [0.25, 0.3) is 0 Å². The third-order valence-electron chi connectivity index (χ3n) is 4.51. The molecule has 1 N–H and O–H groups in total. The molecular weight excluding hydrogens is 380 g/mol. The van der Waals surface area contributed by atoms with Crippen molar-refractivity contribution in [3.63, 3.8) is 0 Å². The van der Waals surface area contributed by atoms with E-state index in [0.29, 0.717) is 25.3 Å². The molecule has 0 spiro atoms. The zero-order valence-corrected chi connectivity index (χ0v) is 18.3. The first-order chi connectivity index (χ1) is 13.0. The monoisotopic (exact) mass is 412 g/mol. The maximum absolute atomic E-state index is 13.2. The highest BCUT2D eigenvalue weighted by Gasteiger charge is 2.34. The van der Waals surface area contributed by atoms with Gasteiger partial charge < -0.3 is 14.8 Å². The molecule has 1 aliphatic rings. The van der Waals surface area contributed by atoms with Crippen LogP contribution < -0.4 is 10.1 Å². The third-order valence-corrected chi connectivity index (χ3v) is 6.45. The Hall–Kier alpha value is -1.80. The highest BCUT2D eigenvalue weighted by atomic mass is 32.2. The molecule has 1 fully saturated rings. The van der Waals surface area contributed by atoms with Gasteiger partial charge >= 0.3 is 6.09 Å². The SMILES string of the molecule is CCOc1ccc(S(=O)(=O)N2CCCC[C@@H]2CNC(=O)OC(C)(C)C)cc1C. The number of amides is 1. The van der Waals surface area contributed by atoms with E-state index in [1.165, 1.54) is 4.31 Å². The minimum atomic E-state index is -3.66. The molecule has 1 aliphatic heterocycles. The zero-order chi connectivity index (χ0) is 20.9. The second kappa shape index (κ2) is 9.13. The summed E-state index contributed by atoms with van der Waals surface area (Å²) in [5.41, 5.74) is 0.186. The predicted molar refractivity (Wildman–Crippen MR) is 108 cm³/mol. The Morgan fingerprint density at radius 3 is 2.61 bits per heavy atom. The highest BCUT2D eigenvalue weighted by molar-refractivity contribution is 7.89. The third kappa shape index (κ3) is 5.85. The number of piperidine rings is 1. The van der Waals surface area contributed by atoms with Gasteiger partial charge in [-0.1, -0.05) is 6.42 Å². The fourth-order valence-electron chi connectivity index (χ4n) is 3.24. The number of hydrogen-bond acceptors (Lipinski definition) is 5. The first-order valence-corrected chi connectivity index (χ1v) is 11.2. The van der Waals surface area contributed by atoms with Gasteiger partial charge in [-0.05, 0) is 71.2 Å². The molecule has 1 aromatic rings. The minimum absolute atomic E-state index is 0.226. The molecule has 28 heavy (non-hydrogen) atoms. The van der Waals surface area contributed by atoms with E-state index >= 15 is 0 Å². The Morgan fingerprint density at radius 1 is 1.29 bits per heavy atom. The van der Waals surface area contributed by atoms with Gasteiger partial charge in [-0.15, -0.1) is 0 Å². The van der Waals surface area contributed by atoms with Gasteiger partial charge in [0.1, 0.15) is 11.4 Å². The number of hydrogen-bond donors (Lipinski definition) is 1. The number of ether oxygens (including phenoxy) is 2. The number of rotatable bonds is 6. The van der Waals surface area contributed by atoms with Crippen LogP contribution in [0.25, 0.3) is 0 Å². The van der Waals surface area contributed by atoms with Crippen LogP contribution in [0.1, 0.15) is 52.5 Å². The van der Waals surface area contributed by atoms with Crippen LogP contribution in [0.3, 0.4) is 0 Å². The van der Waals surface area contributed by atoms with Crippen LogP contribution in [0.4, 0.5) is 4.79 Å². The summed E-state index contributed by atoms with van der Waals surface area (Å²) < 4.78 is 38.7. The molecule has 1 aromatic carbocycles. The van der Waals surface area contributed by atoms with Crippen LogP contribution in [0, 0.1) is 6.92 Å². The van der Waals surface area contributed by atoms with Gasteiger partial charge in [0, 0.05) is 19.1 Å². The zero-order valence-electron chi connectivity index (χ0n) is 17.4. The van der Waals surface area contributed by atoms with Crippen molar-refractivity contribution in [1.29, 1.82) is 0 Å². The number of aryl methyl sites for hydroxylation is 1. The summed E-state index contributed by atoms with van der Waals surface area (Å²) in [5, 5.41) is 2.71. The van der Waals surface area contributed by atoms with Crippen LogP contribution >= 0.6 is 0 Å². The molecule has 8 heteroatoms. The molecule has 0 bridgehead atoms. The van der Waals surface area contributed by atoms with Gasteiger partial charge in [0.05, 0.1) is 11.5 Å². The first-order valence-electron chi connectivity index (χ1n) is 9.76. The Morgan fingerprint density at radius 2 is 2.00 bits per heavy atom. The molecule has 0 saturated carbocycles. The summed E-state index contributed by atoms with van der Waals surface area (Å²) in [4.78, 5) is 12.2. The predicted octanol–water partition coefficient (Wildman–Crippen LogP) is 3.46. The molecule has 2 rings (SSSR count). The first kappa shape index (κ1) is 22.5. The average Bonchev–Trinajstić information content (AvgIpc) is 2.60. The topological polar surface area (TPSA) is 84.9 Å². The number of benzene rings is 1. The number of alkyl carbamates (subject to hydrolysis) is 1. The van der Waals surface area contributed by atoms with Crippen LogP contribution in [0.2, 0.25) is 0 Å². The molecule has 158 valence electrons. The molecule has 7 nitrogen and oxygen atoms in total. The molecule has 0 aliphatic carbocycles. The quantitative estimate of drug-likeness (QED) is 0.773. The van der Waals surface area contributed by atoms with Gasteiger partial charge in [-0.3, -0.25) is 0 Å². The van der Waals surface area contributed by atoms with Crippen LogP contribution in [0.5, 0.6) is 5.75 Å². The number of nitrogens with one attached hydrogen (secondary N) is 1. The smallest absolute Gasteiger partial charge is 0.407 e. The van der Waals surface area contributed by atoms with Crippen LogP contribution in [-0.2, 0) is 14.8 Å². The average molecular weight is 413 g/mol. The molecule has 0 aromatic heterocycles. The molecule has 1 amide bonds. The normalized spacial score (nSPS) is 18.5. The fourth-order valence-corrected chi connectivity index (χ4v) is 5.02. The maximum atomic E-state index is 13.2. The van der Waals surface area contributed by atoms with Gasteiger partial charge in [-0.25, -0.2) is 13.2 Å². The van der Waals surface area contributed by atoms with Crippen molar-refractivity contribution < 1.29 is 22.7 Å². The summed E-state index contributed by atoms with van der Waals surface area (Å²) in [6.45, 7) is 10.3. The van der Waals surface area contributed by atoms with Crippen LogP contribution in [-0.4, -0.2) is 50.2 Å². The Bertz CT molecular complexity index is 786. The van der Waals surface area contributed by atoms with E-state index in [9.17, 15) is 13.2 Å². The van der Waals surface area contributed by atoms with E-state index in [1.807, 2.05) is 13.8 Å². The lowest BCUT2D eigenvalue weighted by Crippen LogP contribution is -2.49. The van der Waals surface area contributed by atoms with Crippen molar-refractivity contribution in [3.05, 3.63) is 23.8 Å². The number of carbonyl (C=O) groups is 1. The van der Waals surface area contributed by atoms with E-state index in [1.54, 1.807) is 39.0 Å². The lowest BCUT2D eigenvalue weighted by atomic mass is 10.1. The summed E-state index contributed by atoms with van der Waals surface area (Å²) in [6, 6.07) is 4.63. The molecule has 1 heterocycles. The number of sulfonamides is 1. The second-order valence-corrected chi connectivity index (χ2v) is 9.90. The van der Waals surface area contributed by atoms with Crippen molar-refractivity contribution in [2.24, 2.45) is 0 Å². The van der Waals surface area contributed by atoms with Gasteiger partial charge in [0.2, 0.25) is 10.0 Å². The maximum Gasteiger partial charge on any atom is 0.407 e. The largest absolute Gasteiger partial charge is 0.494 e. The highest BCUT2D eigenvalue weighted by Crippen LogP contribution is 2.28. The Labute approximate surface area is 168 Å². The number of carbonyl (C=O) groups excluding carboxylic acids is 1. The lowest BCUT2D eigenvalue weighted by Gasteiger charge is -2.35. The summed E-state index contributed by atoms with van der Waals surface area (Å²) >= 11 is 0. The molecule has 0 radical (unpaired) electrons. The molecular formula is C20H32N2O5S. The van der Waals surface area contributed by atoms with E-state index in [2.05, 4.69) is 5.32 Å². The Balaban J connectivity index is 2.15. The second-order valence-electron chi connectivity index (χ2n) is 8.01. The van der Waals surface area contributed by atoms with E-state index in [-0.39, 0.29) is 17.5 Å². The van der Waals surface area contributed by atoms with E-state index < -0.39 is 21.7 Å². The lowest BCUT2D eigenvalue weighted by molar-refractivity contribution is 0.0512. The molecule has 1 saturated heterocycles. The number of nitrogens with zero attached hydrogens (tertiary/aromatic N) is 1. The van der Waals surface area contributed by atoms with Crippen molar-refractivity contribution in [1.82, 2.24) is 9.62 Å². The van der Waals surface area contributed by atoms with Crippen molar-refractivity contribution >= 4 is 16.1 Å².